The van der Waals surface area contributed by atoms with Crippen LogP contribution in [0.25, 0.3) is 117 Å². The standard InChI is InChI=1S/C57H36N6/c1-3-18-37(19-4-1)38-34-35-43-42-24-9-14-30-49(42)63(53(43)36-38)57-59-55(45-26-11-16-32-51(45)62-47-28-12-7-22-40(47)41-23-8-13-29-48(41)62)58-56(60-57)46-27-17-33-52-54(46)44-25-10-15-31-50(44)61(52)39-20-5-2-6-21-39/h1-36H. The summed E-state index contributed by atoms with van der Waals surface area (Å²) in [6.45, 7) is 0. The Morgan fingerprint density at radius 2 is 0.778 bits per heavy atom. The summed E-state index contributed by atoms with van der Waals surface area (Å²) < 4.78 is 6.92. The minimum absolute atomic E-state index is 0.548. The second-order valence-corrected chi connectivity index (χ2v) is 16.0. The highest BCUT2D eigenvalue weighted by molar-refractivity contribution is 6.16. The van der Waals surface area contributed by atoms with Crippen molar-refractivity contribution in [1.29, 1.82) is 0 Å². The third-order valence-electron chi connectivity index (χ3n) is 12.5. The Morgan fingerprint density at radius 3 is 1.46 bits per heavy atom. The van der Waals surface area contributed by atoms with E-state index in [1.165, 1.54) is 10.8 Å². The van der Waals surface area contributed by atoms with Gasteiger partial charge in [-0.25, -0.2) is 4.98 Å². The summed E-state index contributed by atoms with van der Waals surface area (Å²) >= 11 is 0. The lowest BCUT2D eigenvalue weighted by Gasteiger charge is -2.15. The second kappa shape index (κ2) is 14.0. The van der Waals surface area contributed by atoms with Crippen molar-refractivity contribution in [2.45, 2.75) is 0 Å². The van der Waals surface area contributed by atoms with Crippen LogP contribution in [0.4, 0.5) is 0 Å². The van der Waals surface area contributed by atoms with E-state index in [1.54, 1.807) is 0 Å². The molecule has 0 saturated carbocycles. The van der Waals surface area contributed by atoms with Crippen LogP contribution in [0.3, 0.4) is 0 Å². The third kappa shape index (κ3) is 5.41. The maximum atomic E-state index is 5.53. The first-order chi connectivity index (χ1) is 31.3. The molecule has 0 fully saturated rings. The molecule has 0 aliphatic carbocycles. The van der Waals surface area contributed by atoms with Crippen molar-refractivity contribution >= 4 is 65.4 Å². The topological polar surface area (TPSA) is 53.5 Å². The van der Waals surface area contributed by atoms with Gasteiger partial charge >= 0.3 is 0 Å². The molecular formula is C57H36N6. The Morgan fingerprint density at radius 1 is 0.286 bits per heavy atom. The first kappa shape index (κ1) is 35.2. The first-order valence-corrected chi connectivity index (χ1v) is 21.3. The molecule has 9 aromatic carbocycles. The van der Waals surface area contributed by atoms with E-state index in [9.17, 15) is 0 Å². The fourth-order valence-corrected chi connectivity index (χ4v) is 9.80. The van der Waals surface area contributed by atoms with E-state index in [-0.39, 0.29) is 0 Å². The Hall–Kier alpha value is -8.61. The molecule has 0 unspecified atom stereocenters. The molecule has 6 nitrogen and oxygen atoms in total. The molecule has 0 radical (unpaired) electrons. The van der Waals surface area contributed by atoms with E-state index in [0.29, 0.717) is 17.6 Å². The molecule has 13 rings (SSSR count). The van der Waals surface area contributed by atoms with Crippen LogP contribution in [0.5, 0.6) is 0 Å². The molecule has 0 saturated heterocycles. The van der Waals surface area contributed by atoms with Crippen molar-refractivity contribution in [3.63, 3.8) is 0 Å². The zero-order chi connectivity index (χ0) is 41.4. The van der Waals surface area contributed by atoms with Crippen molar-refractivity contribution in [1.82, 2.24) is 28.7 Å². The summed E-state index contributed by atoms with van der Waals surface area (Å²) in [7, 11) is 0. The lowest BCUT2D eigenvalue weighted by atomic mass is 10.0. The average Bonchev–Trinajstić information content (AvgIpc) is 4.00. The van der Waals surface area contributed by atoms with Crippen LogP contribution < -0.4 is 0 Å². The number of hydrogen-bond acceptors (Lipinski definition) is 3. The maximum absolute atomic E-state index is 5.53. The number of nitrogens with zero attached hydrogens (tertiary/aromatic N) is 6. The van der Waals surface area contributed by atoms with E-state index in [0.717, 1.165) is 88.3 Å². The molecule has 4 heterocycles. The van der Waals surface area contributed by atoms with E-state index < -0.39 is 0 Å². The molecule has 0 aliphatic rings. The van der Waals surface area contributed by atoms with E-state index in [4.69, 9.17) is 15.0 Å². The van der Waals surface area contributed by atoms with Crippen LogP contribution in [0.2, 0.25) is 0 Å². The number of aromatic nitrogens is 6. The minimum Gasteiger partial charge on any atom is -0.309 e. The normalized spacial score (nSPS) is 11.8. The number of benzene rings is 9. The van der Waals surface area contributed by atoms with E-state index >= 15 is 0 Å². The summed E-state index contributed by atoms with van der Waals surface area (Å²) in [5.74, 6) is 1.73. The van der Waals surface area contributed by atoms with Crippen molar-refractivity contribution in [3.8, 4) is 51.2 Å². The summed E-state index contributed by atoms with van der Waals surface area (Å²) in [5.41, 5.74) is 12.7. The van der Waals surface area contributed by atoms with Gasteiger partial charge in [-0.05, 0) is 71.8 Å². The van der Waals surface area contributed by atoms with E-state index in [2.05, 4.69) is 232 Å². The zero-order valence-corrected chi connectivity index (χ0v) is 34.0. The van der Waals surface area contributed by atoms with Crippen molar-refractivity contribution in [2.75, 3.05) is 0 Å². The lowest BCUT2D eigenvalue weighted by Crippen LogP contribution is -2.08. The molecule has 294 valence electrons. The van der Waals surface area contributed by atoms with Crippen LogP contribution >= 0.6 is 0 Å². The number of para-hydroxylation sites is 6. The summed E-state index contributed by atoms with van der Waals surface area (Å²) in [6, 6.07) is 77.2. The highest BCUT2D eigenvalue weighted by Crippen LogP contribution is 2.41. The molecule has 6 heteroatoms. The van der Waals surface area contributed by atoms with Crippen LogP contribution in [0.1, 0.15) is 0 Å². The minimum atomic E-state index is 0.548. The zero-order valence-electron chi connectivity index (χ0n) is 34.0. The van der Waals surface area contributed by atoms with Crippen LogP contribution in [0, 0.1) is 0 Å². The third-order valence-corrected chi connectivity index (χ3v) is 12.5. The molecule has 4 aromatic heterocycles. The van der Waals surface area contributed by atoms with Gasteiger partial charge in [0, 0.05) is 49.1 Å². The maximum Gasteiger partial charge on any atom is 0.238 e. The quantitative estimate of drug-likeness (QED) is 0.168. The highest BCUT2D eigenvalue weighted by Gasteiger charge is 2.24. The Kier molecular flexibility index (Phi) is 7.80. The Labute approximate surface area is 362 Å². The average molecular weight is 805 g/mol. The molecule has 0 aliphatic heterocycles. The predicted molar refractivity (Wildman–Crippen MR) is 259 cm³/mol. The van der Waals surface area contributed by atoms with Crippen molar-refractivity contribution in [3.05, 3.63) is 218 Å². The van der Waals surface area contributed by atoms with Gasteiger partial charge in [0.25, 0.3) is 0 Å². The Bertz CT molecular complexity index is 3860. The molecule has 0 atom stereocenters. The van der Waals surface area contributed by atoms with Gasteiger partial charge in [-0.1, -0.05) is 158 Å². The van der Waals surface area contributed by atoms with Gasteiger partial charge in [-0.15, -0.1) is 0 Å². The van der Waals surface area contributed by atoms with Crippen LogP contribution in [-0.2, 0) is 0 Å². The molecular weight excluding hydrogens is 769 g/mol. The van der Waals surface area contributed by atoms with Gasteiger partial charge < -0.3 is 9.13 Å². The van der Waals surface area contributed by atoms with Crippen LogP contribution in [0.15, 0.2) is 218 Å². The fourth-order valence-electron chi connectivity index (χ4n) is 9.80. The molecule has 63 heavy (non-hydrogen) atoms. The summed E-state index contributed by atoms with van der Waals surface area (Å²) in [4.78, 5) is 16.6. The monoisotopic (exact) mass is 804 g/mol. The number of rotatable bonds is 6. The molecule has 0 amide bonds. The fraction of sp³-hybridized carbons (Fsp3) is 0. The van der Waals surface area contributed by atoms with Gasteiger partial charge in [0.1, 0.15) is 0 Å². The van der Waals surface area contributed by atoms with Crippen LogP contribution in [-0.4, -0.2) is 28.7 Å². The molecule has 0 spiro atoms. The molecule has 13 aromatic rings. The summed E-state index contributed by atoms with van der Waals surface area (Å²) in [6.07, 6.45) is 0. The second-order valence-electron chi connectivity index (χ2n) is 16.0. The van der Waals surface area contributed by atoms with Gasteiger partial charge in [0.05, 0.1) is 38.8 Å². The molecule has 0 N–H and O–H groups in total. The smallest absolute Gasteiger partial charge is 0.238 e. The largest absolute Gasteiger partial charge is 0.309 e. The lowest BCUT2D eigenvalue weighted by molar-refractivity contribution is 0.952. The van der Waals surface area contributed by atoms with Gasteiger partial charge in [-0.2, -0.15) is 9.97 Å². The molecule has 0 bridgehead atoms. The van der Waals surface area contributed by atoms with E-state index in [1.807, 2.05) is 0 Å². The van der Waals surface area contributed by atoms with Crippen molar-refractivity contribution in [2.24, 2.45) is 0 Å². The van der Waals surface area contributed by atoms with Crippen molar-refractivity contribution < 1.29 is 0 Å². The Balaban J connectivity index is 1.14. The number of hydrogen-bond donors (Lipinski definition) is 0. The van der Waals surface area contributed by atoms with Gasteiger partial charge in [0.15, 0.2) is 11.6 Å². The summed E-state index contributed by atoms with van der Waals surface area (Å²) in [5, 5.41) is 6.87. The number of fused-ring (bicyclic) bond motifs is 9. The highest BCUT2D eigenvalue weighted by atomic mass is 15.2. The van der Waals surface area contributed by atoms with Gasteiger partial charge in [-0.3, -0.25) is 4.57 Å². The predicted octanol–water partition coefficient (Wildman–Crippen LogP) is 14.2. The van der Waals surface area contributed by atoms with Gasteiger partial charge in [0.2, 0.25) is 5.95 Å². The first-order valence-electron chi connectivity index (χ1n) is 21.3. The SMILES string of the molecule is c1ccc(-c2ccc3c4ccccc4n(-c4nc(-c5ccccc5-n5c6ccccc6c6ccccc65)nc(-c5cccc6c5c5ccccc5n6-c5ccccc5)n4)c3c2)cc1.